The van der Waals surface area contributed by atoms with Crippen LogP contribution in [0.25, 0.3) is 6.08 Å². The number of carbonyl (C=O) groups is 1. The molecule has 0 atom stereocenters. The van der Waals surface area contributed by atoms with E-state index in [9.17, 15) is 4.79 Å². The Kier molecular flexibility index (Phi) is 6.63. The minimum atomic E-state index is -1.82. The van der Waals surface area contributed by atoms with Crippen LogP contribution in [-0.2, 0) is 9.53 Å². The van der Waals surface area contributed by atoms with Gasteiger partial charge in [-0.2, -0.15) is 0 Å². The van der Waals surface area contributed by atoms with E-state index in [0.717, 1.165) is 16.9 Å². The fraction of sp³-hybridized carbons (Fsp3) is 0.526. The van der Waals surface area contributed by atoms with E-state index in [1.807, 2.05) is 31.2 Å². The molecule has 0 heterocycles. The monoisotopic (exact) mass is 334 g/mol. The second-order valence-corrected chi connectivity index (χ2v) is 12.0. The maximum atomic E-state index is 11.3. The molecule has 0 saturated carbocycles. The summed E-state index contributed by atoms with van der Waals surface area (Å²) in [6, 6.07) is 6.14. The van der Waals surface area contributed by atoms with Crippen LogP contribution in [0.15, 0.2) is 24.3 Å². The smallest absolute Gasteiger partial charge is 0.309 e. The van der Waals surface area contributed by atoms with Crippen molar-refractivity contribution in [2.75, 3.05) is 6.61 Å². The summed E-state index contributed by atoms with van der Waals surface area (Å²) in [7, 11) is -1.82. The van der Waals surface area contributed by atoms with E-state index in [1.54, 1.807) is 0 Å². The Labute approximate surface area is 141 Å². The molecule has 0 aliphatic heterocycles. The van der Waals surface area contributed by atoms with Gasteiger partial charge in [-0.15, -0.1) is 0 Å². The second kappa shape index (κ2) is 7.82. The van der Waals surface area contributed by atoms with Gasteiger partial charge in [0.1, 0.15) is 5.75 Å². The highest BCUT2D eigenvalue weighted by Gasteiger charge is 2.39. The van der Waals surface area contributed by atoms with Gasteiger partial charge < -0.3 is 9.16 Å². The first kappa shape index (κ1) is 19.5. The van der Waals surface area contributed by atoms with Crippen molar-refractivity contribution in [3.8, 4) is 5.75 Å². The molecular formula is C19H30O3Si. The van der Waals surface area contributed by atoms with Crippen molar-refractivity contribution in [2.24, 2.45) is 0 Å². The van der Waals surface area contributed by atoms with E-state index >= 15 is 0 Å². The lowest BCUT2D eigenvalue weighted by atomic mass is 10.1. The number of hydrogen-bond donors (Lipinski definition) is 0. The maximum absolute atomic E-state index is 11.3. The van der Waals surface area contributed by atoms with Gasteiger partial charge in [-0.3, -0.25) is 4.79 Å². The lowest BCUT2D eigenvalue weighted by molar-refractivity contribution is -0.142. The van der Waals surface area contributed by atoms with Gasteiger partial charge in [0.15, 0.2) is 0 Å². The summed E-state index contributed by atoms with van der Waals surface area (Å²) in [5.74, 6) is 0.762. The molecule has 0 aromatic heterocycles. The lowest BCUT2D eigenvalue weighted by Gasteiger charge is -2.37. The summed E-state index contributed by atoms with van der Waals surface area (Å²) >= 11 is 0. The van der Waals surface area contributed by atoms with Crippen LogP contribution in [0.1, 0.15) is 45.2 Å². The predicted octanol–water partition coefficient (Wildman–Crippen LogP) is 5.35. The Hall–Kier alpha value is -1.55. The highest BCUT2D eigenvalue weighted by molar-refractivity contribution is 6.74. The quantitative estimate of drug-likeness (QED) is 0.520. The van der Waals surface area contributed by atoms with E-state index in [4.69, 9.17) is 9.16 Å². The zero-order valence-electron chi connectivity index (χ0n) is 15.5. The normalized spacial score (nSPS) is 12.5. The third kappa shape index (κ3) is 5.86. The van der Waals surface area contributed by atoms with Crippen LogP contribution >= 0.6 is 0 Å². The molecule has 1 aromatic carbocycles. The van der Waals surface area contributed by atoms with Crippen molar-refractivity contribution < 1.29 is 14.0 Å². The largest absolute Gasteiger partial charge is 0.543 e. The zero-order chi connectivity index (χ0) is 17.7. The summed E-state index contributed by atoms with van der Waals surface area (Å²) in [5, 5.41) is 0.178. The molecule has 128 valence electrons. The van der Waals surface area contributed by atoms with E-state index in [0.29, 0.717) is 13.0 Å². The number of hydrogen-bond acceptors (Lipinski definition) is 3. The third-order valence-electron chi connectivity index (χ3n) is 4.27. The fourth-order valence-electron chi connectivity index (χ4n) is 1.83. The van der Waals surface area contributed by atoms with E-state index in [2.05, 4.69) is 46.9 Å². The van der Waals surface area contributed by atoms with Crippen LogP contribution < -0.4 is 4.43 Å². The van der Waals surface area contributed by atoms with Crippen molar-refractivity contribution in [2.45, 2.75) is 59.2 Å². The molecule has 0 N–H and O–H groups in total. The molecule has 1 aromatic rings. The summed E-state index contributed by atoms with van der Waals surface area (Å²) in [5.41, 5.74) is 2.18. The standard InChI is InChI=1S/C19H30O3Si/c1-8-21-18(20)11-9-10-16-12-13-17(15(2)14-16)22-23(6,7)19(3,4)5/h9-10,12-14H,8,11H2,1-7H3/b10-9+. The van der Waals surface area contributed by atoms with Crippen LogP contribution in [0, 0.1) is 6.92 Å². The molecule has 1 rings (SSSR count). The first-order chi connectivity index (χ1) is 10.6. The van der Waals surface area contributed by atoms with Crippen molar-refractivity contribution >= 4 is 20.4 Å². The summed E-state index contributed by atoms with van der Waals surface area (Å²) in [6.07, 6.45) is 4.08. The number of aryl methyl sites for hydroxylation is 1. The topological polar surface area (TPSA) is 35.5 Å². The highest BCUT2D eigenvalue weighted by atomic mass is 28.4. The number of esters is 1. The molecule has 4 heteroatoms. The second-order valence-electron chi connectivity index (χ2n) is 7.30. The van der Waals surface area contributed by atoms with Crippen LogP contribution in [0.4, 0.5) is 0 Å². The van der Waals surface area contributed by atoms with Crippen LogP contribution in [0.3, 0.4) is 0 Å². The Bertz CT molecular complexity index is 568. The van der Waals surface area contributed by atoms with E-state index in [-0.39, 0.29) is 11.0 Å². The first-order valence-electron chi connectivity index (χ1n) is 8.18. The minimum absolute atomic E-state index is 0.178. The highest BCUT2D eigenvalue weighted by Crippen LogP contribution is 2.38. The first-order valence-corrected chi connectivity index (χ1v) is 11.1. The van der Waals surface area contributed by atoms with Gasteiger partial charge in [0.05, 0.1) is 13.0 Å². The molecule has 0 amide bonds. The van der Waals surface area contributed by atoms with Gasteiger partial charge in [0.25, 0.3) is 0 Å². The van der Waals surface area contributed by atoms with Crippen molar-refractivity contribution in [3.05, 3.63) is 35.4 Å². The van der Waals surface area contributed by atoms with Gasteiger partial charge in [-0.05, 0) is 55.2 Å². The summed E-state index contributed by atoms with van der Waals surface area (Å²) in [6.45, 7) is 15.5. The molecule has 0 saturated heterocycles. The molecule has 0 unspecified atom stereocenters. The van der Waals surface area contributed by atoms with Crippen LogP contribution in [0.2, 0.25) is 18.1 Å². The molecular weight excluding hydrogens is 304 g/mol. The molecule has 3 nitrogen and oxygen atoms in total. The van der Waals surface area contributed by atoms with E-state index in [1.165, 1.54) is 0 Å². The predicted molar refractivity (Wildman–Crippen MR) is 99.3 cm³/mol. The summed E-state index contributed by atoms with van der Waals surface area (Å²) < 4.78 is 11.3. The average Bonchev–Trinajstić information content (AvgIpc) is 2.40. The fourth-order valence-corrected chi connectivity index (χ4v) is 2.91. The van der Waals surface area contributed by atoms with Crippen molar-refractivity contribution in [1.29, 1.82) is 0 Å². The Morgan fingerprint density at radius 1 is 1.26 bits per heavy atom. The Morgan fingerprint density at radius 3 is 2.43 bits per heavy atom. The Balaban J connectivity index is 2.79. The molecule has 0 fully saturated rings. The van der Waals surface area contributed by atoms with Crippen molar-refractivity contribution in [1.82, 2.24) is 0 Å². The van der Waals surface area contributed by atoms with Crippen molar-refractivity contribution in [3.63, 3.8) is 0 Å². The van der Waals surface area contributed by atoms with Gasteiger partial charge >= 0.3 is 5.97 Å². The molecule has 0 radical (unpaired) electrons. The van der Waals surface area contributed by atoms with E-state index < -0.39 is 8.32 Å². The molecule has 0 bridgehead atoms. The van der Waals surface area contributed by atoms with Crippen LogP contribution in [0.5, 0.6) is 5.75 Å². The number of rotatable bonds is 6. The Morgan fingerprint density at radius 2 is 1.91 bits per heavy atom. The van der Waals surface area contributed by atoms with Crippen LogP contribution in [-0.4, -0.2) is 20.9 Å². The number of ether oxygens (including phenoxy) is 1. The molecule has 0 spiro atoms. The lowest BCUT2D eigenvalue weighted by Crippen LogP contribution is -2.44. The SMILES string of the molecule is CCOC(=O)C/C=C/c1ccc(O[Si](C)(C)C(C)(C)C)c(C)c1. The average molecular weight is 335 g/mol. The number of carbonyl (C=O) groups excluding carboxylic acids is 1. The van der Waals surface area contributed by atoms with Gasteiger partial charge in [0.2, 0.25) is 8.32 Å². The molecule has 0 aliphatic carbocycles. The third-order valence-corrected chi connectivity index (χ3v) is 8.61. The minimum Gasteiger partial charge on any atom is -0.543 e. The van der Waals surface area contributed by atoms with Gasteiger partial charge in [-0.25, -0.2) is 0 Å². The summed E-state index contributed by atoms with van der Waals surface area (Å²) in [4.78, 5) is 11.3. The van der Waals surface area contributed by atoms with Gasteiger partial charge in [0, 0.05) is 0 Å². The molecule has 0 aliphatic rings. The number of benzene rings is 1. The molecule has 23 heavy (non-hydrogen) atoms. The zero-order valence-corrected chi connectivity index (χ0v) is 16.5. The van der Waals surface area contributed by atoms with Gasteiger partial charge in [-0.1, -0.05) is 39.0 Å². The maximum Gasteiger partial charge on any atom is 0.309 e.